The number of ether oxygens (including phenoxy) is 1. The number of hydrogen-bond acceptors (Lipinski definition) is 3. The Balaban J connectivity index is 1.86. The van der Waals surface area contributed by atoms with E-state index in [-0.39, 0.29) is 12.1 Å². The maximum absolute atomic E-state index is 11.9. The van der Waals surface area contributed by atoms with Gasteiger partial charge in [0, 0.05) is 18.6 Å². The minimum atomic E-state index is -0.451. The van der Waals surface area contributed by atoms with E-state index < -0.39 is 5.60 Å². The van der Waals surface area contributed by atoms with Gasteiger partial charge in [-0.2, -0.15) is 0 Å². The lowest BCUT2D eigenvalue weighted by atomic mass is 10.0. The van der Waals surface area contributed by atoms with Gasteiger partial charge in [0.1, 0.15) is 5.60 Å². The number of nitrogens with zero attached hydrogens (tertiary/aromatic N) is 1. The van der Waals surface area contributed by atoms with Crippen molar-refractivity contribution in [1.82, 2.24) is 10.2 Å². The van der Waals surface area contributed by atoms with Crippen LogP contribution in [0.2, 0.25) is 0 Å². The topological polar surface area (TPSA) is 41.6 Å². The summed E-state index contributed by atoms with van der Waals surface area (Å²) in [7, 11) is 0. The third-order valence-corrected chi connectivity index (χ3v) is 4.54. The Morgan fingerprint density at radius 3 is 2.52 bits per heavy atom. The van der Waals surface area contributed by atoms with Gasteiger partial charge in [0.15, 0.2) is 0 Å². The van der Waals surface area contributed by atoms with Crippen LogP contribution in [0.15, 0.2) is 30.3 Å². The van der Waals surface area contributed by atoms with Gasteiger partial charge in [-0.25, -0.2) is 4.79 Å². The molecule has 0 spiro atoms. The maximum Gasteiger partial charge on any atom is 0.407 e. The van der Waals surface area contributed by atoms with Crippen molar-refractivity contribution in [2.45, 2.75) is 58.7 Å². The van der Waals surface area contributed by atoms with Crippen LogP contribution in [-0.2, 0) is 4.74 Å². The average molecular weight is 318 g/mol. The molecule has 0 aliphatic carbocycles. The molecule has 23 heavy (non-hydrogen) atoms. The molecule has 1 amide bonds. The summed E-state index contributed by atoms with van der Waals surface area (Å²) in [6, 6.07) is 11.1. The van der Waals surface area contributed by atoms with E-state index >= 15 is 0 Å². The molecule has 1 aromatic carbocycles. The number of hydrogen-bond donors (Lipinski definition) is 1. The van der Waals surface area contributed by atoms with E-state index in [4.69, 9.17) is 4.74 Å². The summed E-state index contributed by atoms with van der Waals surface area (Å²) < 4.78 is 5.35. The van der Waals surface area contributed by atoms with Crippen molar-refractivity contribution < 1.29 is 9.53 Å². The highest BCUT2D eigenvalue weighted by Gasteiger charge is 2.31. The molecule has 0 bridgehead atoms. The number of benzene rings is 1. The maximum atomic E-state index is 11.9. The quantitative estimate of drug-likeness (QED) is 0.913. The van der Waals surface area contributed by atoms with E-state index in [1.165, 1.54) is 5.56 Å². The Morgan fingerprint density at radius 1 is 1.26 bits per heavy atom. The van der Waals surface area contributed by atoms with E-state index in [1.807, 2.05) is 20.8 Å². The van der Waals surface area contributed by atoms with Gasteiger partial charge in [0.25, 0.3) is 0 Å². The standard InChI is InChI=1S/C19H30N2O2/c1-14(20-18(22)23-19(3,4)5)17-11-12-21(13-17)15(2)16-9-7-6-8-10-16/h6-10,14-15,17H,11-13H2,1-5H3,(H,20,22)/t14-,15-,17+/m0/s1. The van der Waals surface area contributed by atoms with Crippen LogP contribution >= 0.6 is 0 Å². The molecule has 128 valence electrons. The van der Waals surface area contributed by atoms with Gasteiger partial charge in [0.2, 0.25) is 0 Å². The van der Waals surface area contributed by atoms with Crippen LogP contribution in [0.1, 0.15) is 52.6 Å². The lowest BCUT2D eigenvalue weighted by Crippen LogP contribution is -2.42. The zero-order chi connectivity index (χ0) is 17.0. The third-order valence-electron chi connectivity index (χ3n) is 4.54. The summed E-state index contributed by atoms with van der Waals surface area (Å²) in [6.07, 6.45) is 0.785. The van der Waals surface area contributed by atoms with E-state index in [2.05, 4.69) is 54.4 Å². The molecule has 1 heterocycles. The zero-order valence-corrected chi connectivity index (χ0v) is 15.0. The molecule has 0 radical (unpaired) electrons. The fourth-order valence-corrected chi connectivity index (χ4v) is 3.13. The summed E-state index contributed by atoms with van der Waals surface area (Å²) >= 11 is 0. The highest BCUT2D eigenvalue weighted by molar-refractivity contribution is 5.68. The Bertz CT molecular complexity index is 510. The number of nitrogens with one attached hydrogen (secondary N) is 1. The second-order valence-electron chi connectivity index (χ2n) is 7.57. The Morgan fingerprint density at radius 2 is 1.91 bits per heavy atom. The molecular weight excluding hydrogens is 288 g/mol. The predicted molar refractivity (Wildman–Crippen MR) is 93.4 cm³/mol. The number of rotatable bonds is 4. The molecule has 1 N–H and O–H groups in total. The molecule has 1 aromatic rings. The summed E-state index contributed by atoms with van der Waals surface area (Å²) in [5, 5.41) is 2.99. The van der Waals surface area contributed by atoms with Gasteiger partial charge < -0.3 is 10.1 Å². The van der Waals surface area contributed by atoms with Crippen LogP contribution in [-0.4, -0.2) is 35.7 Å². The van der Waals surface area contributed by atoms with E-state index in [0.29, 0.717) is 12.0 Å². The van der Waals surface area contributed by atoms with Crippen molar-refractivity contribution >= 4 is 6.09 Å². The van der Waals surface area contributed by atoms with Crippen molar-refractivity contribution in [3.05, 3.63) is 35.9 Å². The molecule has 1 saturated heterocycles. The summed E-state index contributed by atoms with van der Waals surface area (Å²) in [6.45, 7) is 12.1. The number of carbonyl (C=O) groups is 1. The highest BCUT2D eigenvalue weighted by atomic mass is 16.6. The largest absolute Gasteiger partial charge is 0.444 e. The number of alkyl carbamates (subject to hydrolysis) is 1. The van der Waals surface area contributed by atoms with Gasteiger partial charge in [-0.05, 0) is 59.1 Å². The molecule has 1 aliphatic heterocycles. The van der Waals surface area contributed by atoms with Crippen molar-refractivity contribution in [3.8, 4) is 0 Å². The molecule has 4 nitrogen and oxygen atoms in total. The monoisotopic (exact) mass is 318 g/mol. The van der Waals surface area contributed by atoms with Crippen LogP contribution in [0.4, 0.5) is 4.79 Å². The van der Waals surface area contributed by atoms with Crippen LogP contribution in [0.3, 0.4) is 0 Å². The molecule has 0 aromatic heterocycles. The molecule has 0 unspecified atom stereocenters. The van der Waals surface area contributed by atoms with Gasteiger partial charge >= 0.3 is 6.09 Å². The Labute approximate surface area is 140 Å². The fourth-order valence-electron chi connectivity index (χ4n) is 3.13. The molecular formula is C19H30N2O2. The number of likely N-dealkylation sites (tertiary alicyclic amines) is 1. The third kappa shape index (κ3) is 5.24. The zero-order valence-electron chi connectivity index (χ0n) is 15.0. The first-order valence-electron chi connectivity index (χ1n) is 8.55. The summed E-state index contributed by atoms with van der Waals surface area (Å²) in [5.74, 6) is 0.466. The van der Waals surface area contributed by atoms with E-state index in [1.54, 1.807) is 0 Å². The van der Waals surface area contributed by atoms with Crippen LogP contribution in [0, 0.1) is 5.92 Å². The first kappa shape index (κ1) is 17.8. The molecule has 4 heteroatoms. The molecule has 2 rings (SSSR count). The molecule has 1 aliphatic rings. The average Bonchev–Trinajstić information content (AvgIpc) is 2.95. The first-order chi connectivity index (χ1) is 10.8. The van der Waals surface area contributed by atoms with Crippen molar-refractivity contribution in [2.24, 2.45) is 5.92 Å². The van der Waals surface area contributed by atoms with Gasteiger partial charge in [-0.15, -0.1) is 0 Å². The molecule has 0 saturated carbocycles. The summed E-state index contributed by atoms with van der Waals surface area (Å²) in [5.41, 5.74) is 0.897. The summed E-state index contributed by atoms with van der Waals surface area (Å²) in [4.78, 5) is 14.4. The van der Waals surface area contributed by atoms with Crippen LogP contribution < -0.4 is 5.32 Å². The first-order valence-corrected chi connectivity index (χ1v) is 8.55. The number of carbonyl (C=O) groups excluding carboxylic acids is 1. The number of amides is 1. The van der Waals surface area contributed by atoms with Gasteiger partial charge in [-0.3, -0.25) is 4.90 Å². The van der Waals surface area contributed by atoms with Gasteiger partial charge in [-0.1, -0.05) is 30.3 Å². The molecule has 3 atom stereocenters. The minimum Gasteiger partial charge on any atom is -0.444 e. The second-order valence-corrected chi connectivity index (χ2v) is 7.57. The minimum absolute atomic E-state index is 0.123. The van der Waals surface area contributed by atoms with E-state index in [0.717, 1.165) is 19.5 Å². The smallest absolute Gasteiger partial charge is 0.407 e. The highest BCUT2D eigenvalue weighted by Crippen LogP contribution is 2.28. The van der Waals surface area contributed by atoms with E-state index in [9.17, 15) is 4.79 Å². The van der Waals surface area contributed by atoms with Crippen LogP contribution in [0.5, 0.6) is 0 Å². The van der Waals surface area contributed by atoms with Crippen molar-refractivity contribution in [1.29, 1.82) is 0 Å². The Kier molecular flexibility index (Phi) is 5.69. The molecule has 1 fully saturated rings. The fraction of sp³-hybridized carbons (Fsp3) is 0.632. The second kappa shape index (κ2) is 7.35. The SMILES string of the molecule is C[C@H](NC(=O)OC(C)(C)C)[C@@H]1CCN([C@@H](C)c2ccccc2)C1. The predicted octanol–water partition coefficient (Wildman–Crippen LogP) is 3.98. The normalized spacial score (nSPS) is 21.7. The Hall–Kier alpha value is -1.55. The van der Waals surface area contributed by atoms with Crippen molar-refractivity contribution in [2.75, 3.05) is 13.1 Å². The lowest BCUT2D eigenvalue weighted by Gasteiger charge is -2.27. The van der Waals surface area contributed by atoms with Crippen LogP contribution in [0.25, 0.3) is 0 Å². The van der Waals surface area contributed by atoms with Gasteiger partial charge in [0.05, 0.1) is 0 Å². The lowest BCUT2D eigenvalue weighted by molar-refractivity contribution is 0.0492. The van der Waals surface area contributed by atoms with Crippen molar-refractivity contribution in [3.63, 3.8) is 0 Å².